The fourth-order valence-corrected chi connectivity index (χ4v) is 7.11. The molecule has 2 aromatic heterocycles. The van der Waals surface area contributed by atoms with Gasteiger partial charge in [0.25, 0.3) is 5.56 Å². The zero-order valence-corrected chi connectivity index (χ0v) is 25.3. The first-order valence-electron chi connectivity index (χ1n) is 13.4. The van der Waals surface area contributed by atoms with Gasteiger partial charge < -0.3 is 4.98 Å². The number of aromatic amines is 1. The molecule has 0 spiro atoms. The molecule has 0 radical (unpaired) electrons. The number of halogens is 2. The van der Waals surface area contributed by atoms with Crippen LogP contribution in [0.2, 0.25) is 10.0 Å². The topological polar surface area (TPSA) is 87.5 Å². The monoisotopic (exact) mass is 608 g/mol. The normalized spacial score (nSPS) is 12.0. The van der Waals surface area contributed by atoms with Gasteiger partial charge in [0.05, 0.1) is 21.2 Å². The van der Waals surface area contributed by atoms with Crippen molar-refractivity contribution in [2.45, 2.75) is 38.5 Å². The van der Waals surface area contributed by atoms with E-state index in [9.17, 15) is 13.2 Å². The Kier molecular flexibility index (Phi) is 8.38. The lowest BCUT2D eigenvalue weighted by molar-refractivity contribution is 0.410. The SMILES string of the molecule is CCCN(CCC)S(=O)(=O)c1ccc(-c2[nH]c3c(-c4ccc(Cl)cc4Cl)c(-c4ccccc4)nn3c(=O)c2C)cc1. The van der Waals surface area contributed by atoms with Crippen molar-refractivity contribution < 1.29 is 8.42 Å². The third-order valence-corrected chi connectivity index (χ3v) is 9.45. The van der Waals surface area contributed by atoms with Crippen LogP contribution in [0.5, 0.6) is 0 Å². The smallest absolute Gasteiger partial charge is 0.277 e. The van der Waals surface area contributed by atoms with Crippen molar-refractivity contribution in [3.8, 4) is 33.6 Å². The summed E-state index contributed by atoms with van der Waals surface area (Å²) >= 11 is 12.9. The van der Waals surface area contributed by atoms with Gasteiger partial charge in [-0.1, -0.05) is 85.6 Å². The number of hydrogen-bond donors (Lipinski definition) is 1. The predicted molar refractivity (Wildman–Crippen MR) is 166 cm³/mol. The van der Waals surface area contributed by atoms with Gasteiger partial charge in [0.15, 0.2) is 0 Å². The maximum atomic E-state index is 13.7. The van der Waals surface area contributed by atoms with Crippen molar-refractivity contribution in [2.75, 3.05) is 13.1 Å². The van der Waals surface area contributed by atoms with Crippen molar-refractivity contribution >= 4 is 38.9 Å². The molecule has 2 heterocycles. The number of nitrogens with zero attached hydrogens (tertiary/aromatic N) is 3. The Morgan fingerprint density at radius 3 is 2.17 bits per heavy atom. The van der Waals surface area contributed by atoms with Crippen LogP contribution in [0, 0.1) is 6.92 Å². The van der Waals surface area contributed by atoms with E-state index in [4.69, 9.17) is 28.3 Å². The maximum absolute atomic E-state index is 13.7. The minimum atomic E-state index is -3.63. The zero-order valence-electron chi connectivity index (χ0n) is 23.0. The van der Waals surface area contributed by atoms with Crippen LogP contribution >= 0.6 is 23.2 Å². The zero-order chi connectivity index (χ0) is 29.3. The maximum Gasteiger partial charge on any atom is 0.277 e. The number of hydrogen-bond acceptors (Lipinski definition) is 4. The highest BCUT2D eigenvalue weighted by molar-refractivity contribution is 7.89. The molecule has 41 heavy (non-hydrogen) atoms. The number of H-pyrrole nitrogens is 1. The summed E-state index contributed by atoms with van der Waals surface area (Å²) < 4.78 is 29.4. The third-order valence-electron chi connectivity index (χ3n) is 6.99. The van der Waals surface area contributed by atoms with E-state index in [1.165, 1.54) is 8.82 Å². The van der Waals surface area contributed by atoms with Gasteiger partial charge in [-0.25, -0.2) is 8.42 Å². The molecule has 10 heteroatoms. The Balaban J connectivity index is 1.70. The molecular weight excluding hydrogens is 579 g/mol. The molecule has 5 aromatic rings. The fourth-order valence-electron chi connectivity index (χ4n) is 4.99. The predicted octanol–water partition coefficient (Wildman–Crippen LogP) is 7.45. The molecule has 7 nitrogen and oxygen atoms in total. The molecule has 0 bridgehead atoms. The molecule has 0 aliphatic rings. The van der Waals surface area contributed by atoms with Gasteiger partial charge in [-0.2, -0.15) is 13.9 Å². The van der Waals surface area contributed by atoms with Crippen LogP contribution in [0.1, 0.15) is 32.3 Å². The molecule has 212 valence electrons. The average Bonchev–Trinajstić information content (AvgIpc) is 3.35. The van der Waals surface area contributed by atoms with Crippen LogP contribution in [-0.2, 0) is 10.0 Å². The van der Waals surface area contributed by atoms with Crippen molar-refractivity contribution in [2.24, 2.45) is 0 Å². The van der Waals surface area contributed by atoms with Gasteiger partial charge in [0, 0.05) is 34.8 Å². The number of sulfonamides is 1. The molecule has 1 N–H and O–H groups in total. The standard InChI is InChI=1S/C31H30Cl2N4O3S/c1-4-17-36(18-5-2)41(39,40)24-14-11-22(12-15-24)28-20(3)31(38)37-30(34-28)27(25-16-13-23(32)19-26(25)33)29(35-37)21-9-7-6-8-10-21/h6-16,19,34H,4-5,17-18H2,1-3H3. The summed E-state index contributed by atoms with van der Waals surface area (Å²) in [6.07, 6.45) is 1.46. The van der Waals surface area contributed by atoms with E-state index in [0.29, 0.717) is 62.4 Å². The summed E-state index contributed by atoms with van der Waals surface area (Å²) in [5.74, 6) is 0. The summed E-state index contributed by atoms with van der Waals surface area (Å²) in [6, 6.07) is 21.4. The molecule has 3 aromatic carbocycles. The fraction of sp³-hybridized carbons (Fsp3) is 0.226. The minimum Gasteiger partial charge on any atom is -0.339 e. The Bertz CT molecular complexity index is 1880. The Labute approximate surface area is 249 Å². The highest BCUT2D eigenvalue weighted by atomic mass is 35.5. The van der Waals surface area contributed by atoms with E-state index in [2.05, 4.69) is 4.98 Å². The van der Waals surface area contributed by atoms with E-state index >= 15 is 0 Å². The van der Waals surface area contributed by atoms with Gasteiger partial charge in [-0.05, 0) is 49.6 Å². The number of nitrogens with one attached hydrogen (secondary N) is 1. The summed E-state index contributed by atoms with van der Waals surface area (Å²) in [6.45, 7) is 6.56. The molecule has 0 aliphatic carbocycles. The second-order valence-corrected chi connectivity index (χ2v) is 12.6. The highest BCUT2D eigenvalue weighted by Gasteiger charge is 2.25. The Hall–Kier alpha value is -3.43. The molecule has 0 fully saturated rings. The summed E-state index contributed by atoms with van der Waals surface area (Å²) in [4.78, 5) is 17.3. The molecule has 0 unspecified atom stereocenters. The van der Waals surface area contributed by atoms with Crippen molar-refractivity contribution in [3.63, 3.8) is 0 Å². The number of rotatable bonds is 9. The quantitative estimate of drug-likeness (QED) is 0.188. The van der Waals surface area contributed by atoms with E-state index in [0.717, 1.165) is 18.4 Å². The van der Waals surface area contributed by atoms with E-state index in [1.54, 1.807) is 43.3 Å². The lowest BCUT2D eigenvalue weighted by Crippen LogP contribution is -2.32. The molecule has 0 saturated carbocycles. The minimum absolute atomic E-state index is 0.216. The van der Waals surface area contributed by atoms with Crippen LogP contribution < -0.4 is 5.56 Å². The van der Waals surface area contributed by atoms with E-state index in [-0.39, 0.29) is 10.5 Å². The summed E-state index contributed by atoms with van der Waals surface area (Å²) in [5, 5.41) is 5.63. The molecule has 0 atom stereocenters. The first-order valence-corrected chi connectivity index (χ1v) is 15.6. The van der Waals surface area contributed by atoms with Gasteiger partial charge in [0.2, 0.25) is 10.0 Å². The molecule has 0 amide bonds. The second-order valence-electron chi connectivity index (χ2n) is 9.83. The largest absolute Gasteiger partial charge is 0.339 e. The Morgan fingerprint density at radius 2 is 1.56 bits per heavy atom. The van der Waals surface area contributed by atoms with Crippen LogP contribution in [0.25, 0.3) is 39.3 Å². The van der Waals surface area contributed by atoms with E-state index in [1.807, 2.05) is 50.2 Å². The third kappa shape index (κ3) is 5.45. The number of benzene rings is 3. The Morgan fingerprint density at radius 1 is 0.902 bits per heavy atom. The summed E-state index contributed by atoms with van der Waals surface area (Å²) in [5.41, 5.74) is 4.60. The van der Waals surface area contributed by atoms with Crippen molar-refractivity contribution in [3.05, 3.63) is 98.8 Å². The highest BCUT2D eigenvalue weighted by Crippen LogP contribution is 2.39. The molecule has 0 saturated heterocycles. The number of fused-ring (bicyclic) bond motifs is 1. The molecule has 5 rings (SSSR count). The first-order chi connectivity index (χ1) is 19.7. The van der Waals surface area contributed by atoms with Gasteiger partial charge in [-0.3, -0.25) is 4.79 Å². The van der Waals surface area contributed by atoms with Gasteiger partial charge >= 0.3 is 0 Å². The van der Waals surface area contributed by atoms with Crippen molar-refractivity contribution in [1.29, 1.82) is 0 Å². The molecular formula is C31H30Cl2N4O3S. The average molecular weight is 610 g/mol. The van der Waals surface area contributed by atoms with Gasteiger partial charge in [-0.15, -0.1) is 0 Å². The van der Waals surface area contributed by atoms with E-state index < -0.39 is 10.0 Å². The first kappa shape index (κ1) is 29.1. The number of aromatic nitrogens is 3. The van der Waals surface area contributed by atoms with Crippen LogP contribution in [0.3, 0.4) is 0 Å². The molecule has 0 aliphatic heterocycles. The second kappa shape index (κ2) is 11.8. The van der Waals surface area contributed by atoms with Crippen LogP contribution in [-0.4, -0.2) is 40.4 Å². The van der Waals surface area contributed by atoms with Gasteiger partial charge in [0.1, 0.15) is 11.3 Å². The summed E-state index contributed by atoms with van der Waals surface area (Å²) in [7, 11) is -3.63. The van der Waals surface area contributed by atoms with Crippen LogP contribution in [0.4, 0.5) is 0 Å². The van der Waals surface area contributed by atoms with Crippen LogP contribution in [0.15, 0.2) is 82.5 Å². The van der Waals surface area contributed by atoms with Crippen molar-refractivity contribution in [1.82, 2.24) is 18.9 Å². The lowest BCUT2D eigenvalue weighted by Gasteiger charge is -2.21. The lowest BCUT2D eigenvalue weighted by atomic mass is 10.0.